The number of benzene rings is 2. The number of hydrogen-bond donors (Lipinski definition) is 2. The SMILES string of the molecule is O=C(c1ccc(Cl)cc1)c1ccc(N(CCO)CCO)cc1. The lowest BCUT2D eigenvalue weighted by molar-refractivity contribution is 0.103. The van der Waals surface area contributed by atoms with E-state index in [4.69, 9.17) is 21.8 Å². The second-order valence-electron chi connectivity index (χ2n) is 4.82. The number of nitrogens with zero attached hydrogens (tertiary/aromatic N) is 1. The molecule has 0 heterocycles. The van der Waals surface area contributed by atoms with Gasteiger partial charge < -0.3 is 15.1 Å². The van der Waals surface area contributed by atoms with Crippen molar-refractivity contribution >= 4 is 23.1 Å². The van der Waals surface area contributed by atoms with Gasteiger partial charge in [0, 0.05) is 34.9 Å². The van der Waals surface area contributed by atoms with Crippen molar-refractivity contribution in [1.29, 1.82) is 0 Å². The van der Waals surface area contributed by atoms with Gasteiger partial charge in [0.1, 0.15) is 0 Å². The van der Waals surface area contributed by atoms with E-state index in [1.54, 1.807) is 36.4 Å². The van der Waals surface area contributed by atoms with Gasteiger partial charge in [-0.2, -0.15) is 0 Å². The van der Waals surface area contributed by atoms with Crippen LogP contribution >= 0.6 is 11.6 Å². The average molecular weight is 320 g/mol. The van der Waals surface area contributed by atoms with Crippen molar-refractivity contribution in [2.24, 2.45) is 0 Å². The van der Waals surface area contributed by atoms with Crippen LogP contribution in [0.15, 0.2) is 48.5 Å². The Balaban J connectivity index is 2.17. The third-order valence-electron chi connectivity index (χ3n) is 3.34. The fourth-order valence-electron chi connectivity index (χ4n) is 2.20. The summed E-state index contributed by atoms with van der Waals surface area (Å²) in [5, 5.41) is 18.7. The van der Waals surface area contributed by atoms with Crippen LogP contribution < -0.4 is 4.90 Å². The van der Waals surface area contributed by atoms with Gasteiger partial charge in [0.2, 0.25) is 0 Å². The van der Waals surface area contributed by atoms with E-state index in [1.165, 1.54) is 0 Å². The summed E-state index contributed by atoms with van der Waals surface area (Å²) in [4.78, 5) is 14.2. The highest BCUT2D eigenvalue weighted by Crippen LogP contribution is 2.18. The van der Waals surface area contributed by atoms with Crippen LogP contribution in [0.3, 0.4) is 0 Å². The molecule has 0 aromatic heterocycles. The van der Waals surface area contributed by atoms with Crippen LogP contribution in [0.25, 0.3) is 0 Å². The van der Waals surface area contributed by atoms with Crippen LogP contribution in [0.4, 0.5) is 5.69 Å². The summed E-state index contributed by atoms with van der Waals surface area (Å²) in [6.45, 7) is 0.882. The van der Waals surface area contributed by atoms with Gasteiger partial charge >= 0.3 is 0 Å². The van der Waals surface area contributed by atoms with Crippen LogP contribution in [0.5, 0.6) is 0 Å². The molecular formula is C17H18ClNO3. The zero-order valence-electron chi connectivity index (χ0n) is 12.1. The molecule has 0 fully saturated rings. The molecule has 116 valence electrons. The second kappa shape index (κ2) is 7.94. The number of anilines is 1. The molecule has 4 nitrogen and oxygen atoms in total. The van der Waals surface area contributed by atoms with E-state index in [-0.39, 0.29) is 19.0 Å². The van der Waals surface area contributed by atoms with Gasteiger partial charge in [0.05, 0.1) is 13.2 Å². The molecule has 5 heteroatoms. The van der Waals surface area contributed by atoms with Crippen molar-refractivity contribution in [2.45, 2.75) is 0 Å². The van der Waals surface area contributed by atoms with Crippen molar-refractivity contribution in [1.82, 2.24) is 0 Å². The topological polar surface area (TPSA) is 60.8 Å². The number of hydrogen-bond acceptors (Lipinski definition) is 4. The number of ketones is 1. The summed E-state index contributed by atoms with van der Waals surface area (Å²) in [7, 11) is 0. The highest BCUT2D eigenvalue weighted by Gasteiger charge is 2.10. The number of rotatable bonds is 7. The molecule has 2 rings (SSSR count). The van der Waals surface area contributed by atoms with E-state index in [2.05, 4.69) is 0 Å². The van der Waals surface area contributed by atoms with Gasteiger partial charge in [-0.05, 0) is 48.5 Å². The first-order chi connectivity index (χ1) is 10.7. The molecule has 0 bridgehead atoms. The fraction of sp³-hybridized carbons (Fsp3) is 0.235. The summed E-state index contributed by atoms with van der Waals surface area (Å²) < 4.78 is 0. The number of carbonyl (C=O) groups is 1. The Morgan fingerprint density at radius 1 is 0.864 bits per heavy atom. The fourth-order valence-corrected chi connectivity index (χ4v) is 2.33. The zero-order valence-corrected chi connectivity index (χ0v) is 12.8. The average Bonchev–Trinajstić information content (AvgIpc) is 2.55. The summed E-state index contributed by atoms with van der Waals surface area (Å²) >= 11 is 5.82. The van der Waals surface area contributed by atoms with Gasteiger partial charge in [-0.25, -0.2) is 0 Å². The number of aliphatic hydroxyl groups excluding tert-OH is 2. The predicted octanol–water partition coefficient (Wildman–Crippen LogP) is 2.36. The molecule has 2 N–H and O–H groups in total. The first-order valence-corrected chi connectivity index (χ1v) is 7.40. The highest BCUT2D eigenvalue weighted by molar-refractivity contribution is 6.30. The molecule has 0 atom stereocenters. The Kier molecular flexibility index (Phi) is 5.95. The zero-order chi connectivity index (χ0) is 15.9. The quantitative estimate of drug-likeness (QED) is 0.769. The Hall–Kier alpha value is -1.88. The highest BCUT2D eigenvalue weighted by atomic mass is 35.5. The molecule has 22 heavy (non-hydrogen) atoms. The molecule has 2 aromatic carbocycles. The standard InChI is InChI=1S/C17H18ClNO3/c18-15-5-1-13(2-6-15)17(22)14-3-7-16(8-4-14)19(9-11-20)10-12-21/h1-8,20-21H,9-12H2. The van der Waals surface area contributed by atoms with Crippen LogP contribution in [0, 0.1) is 0 Å². The number of carbonyl (C=O) groups excluding carboxylic acids is 1. The van der Waals surface area contributed by atoms with Crippen molar-refractivity contribution in [3.63, 3.8) is 0 Å². The lowest BCUT2D eigenvalue weighted by atomic mass is 10.0. The molecule has 0 aliphatic heterocycles. The molecule has 0 radical (unpaired) electrons. The van der Waals surface area contributed by atoms with Gasteiger partial charge in [0.25, 0.3) is 0 Å². The Labute approximate surface area is 134 Å². The Morgan fingerprint density at radius 2 is 1.32 bits per heavy atom. The summed E-state index contributed by atoms with van der Waals surface area (Å²) in [5.41, 5.74) is 2.02. The van der Waals surface area contributed by atoms with E-state index >= 15 is 0 Å². The molecule has 0 spiro atoms. The molecular weight excluding hydrogens is 302 g/mol. The lowest BCUT2D eigenvalue weighted by Crippen LogP contribution is -2.29. The monoisotopic (exact) mass is 319 g/mol. The third kappa shape index (κ3) is 4.07. The minimum Gasteiger partial charge on any atom is -0.395 e. The molecule has 0 aliphatic rings. The van der Waals surface area contributed by atoms with Gasteiger partial charge in [-0.1, -0.05) is 11.6 Å². The molecule has 0 saturated heterocycles. The van der Waals surface area contributed by atoms with E-state index in [0.29, 0.717) is 29.2 Å². The Bertz CT molecular complexity index is 605. The van der Waals surface area contributed by atoms with Gasteiger partial charge in [-0.3, -0.25) is 4.79 Å². The van der Waals surface area contributed by atoms with Gasteiger partial charge in [0.15, 0.2) is 5.78 Å². The first kappa shape index (κ1) is 16.5. The molecule has 2 aromatic rings. The molecule has 0 aliphatic carbocycles. The third-order valence-corrected chi connectivity index (χ3v) is 3.59. The Morgan fingerprint density at radius 3 is 1.77 bits per heavy atom. The van der Waals surface area contributed by atoms with E-state index in [9.17, 15) is 4.79 Å². The molecule has 0 amide bonds. The maximum absolute atomic E-state index is 12.4. The van der Waals surface area contributed by atoms with Crippen LogP contribution in [0.2, 0.25) is 5.02 Å². The van der Waals surface area contributed by atoms with E-state index in [0.717, 1.165) is 5.69 Å². The normalized spacial score (nSPS) is 10.5. The second-order valence-corrected chi connectivity index (χ2v) is 5.25. The summed E-state index contributed by atoms with van der Waals surface area (Å²) in [6.07, 6.45) is 0. The molecule has 0 saturated carbocycles. The van der Waals surface area contributed by atoms with Gasteiger partial charge in [-0.15, -0.1) is 0 Å². The minimum absolute atomic E-state index is 0.00541. The maximum atomic E-state index is 12.4. The van der Waals surface area contributed by atoms with Crippen molar-refractivity contribution in [3.8, 4) is 0 Å². The van der Waals surface area contributed by atoms with Crippen molar-refractivity contribution in [2.75, 3.05) is 31.2 Å². The van der Waals surface area contributed by atoms with Crippen molar-refractivity contribution in [3.05, 3.63) is 64.7 Å². The minimum atomic E-state index is -0.0703. The predicted molar refractivity (Wildman–Crippen MR) is 87.7 cm³/mol. The largest absolute Gasteiger partial charge is 0.395 e. The lowest BCUT2D eigenvalue weighted by Gasteiger charge is -2.23. The number of halogens is 1. The first-order valence-electron chi connectivity index (χ1n) is 7.02. The summed E-state index contributed by atoms with van der Waals surface area (Å²) in [6, 6.07) is 13.9. The molecule has 0 unspecified atom stereocenters. The smallest absolute Gasteiger partial charge is 0.193 e. The maximum Gasteiger partial charge on any atom is 0.193 e. The van der Waals surface area contributed by atoms with Crippen LogP contribution in [0.1, 0.15) is 15.9 Å². The van der Waals surface area contributed by atoms with E-state index < -0.39 is 0 Å². The van der Waals surface area contributed by atoms with Crippen LogP contribution in [-0.2, 0) is 0 Å². The summed E-state index contributed by atoms with van der Waals surface area (Å²) in [5.74, 6) is -0.0703. The number of aliphatic hydroxyl groups is 2. The van der Waals surface area contributed by atoms with Crippen LogP contribution in [-0.4, -0.2) is 42.3 Å². The van der Waals surface area contributed by atoms with Crippen molar-refractivity contribution < 1.29 is 15.0 Å². The van der Waals surface area contributed by atoms with E-state index in [1.807, 2.05) is 17.0 Å².